The van der Waals surface area contributed by atoms with Crippen LogP contribution in [-0.2, 0) is 0 Å². The smallest absolute Gasteiger partial charge is 0.191 e. The third-order valence-corrected chi connectivity index (χ3v) is 3.86. The summed E-state index contributed by atoms with van der Waals surface area (Å²) in [5.41, 5.74) is 6.49. The van der Waals surface area contributed by atoms with Gasteiger partial charge < -0.3 is 10.6 Å². The van der Waals surface area contributed by atoms with Crippen molar-refractivity contribution in [3.05, 3.63) is 0 Å². The van der Waals surface area contributed by atoms with Crippen molar-refractivity contribution in [1.29, 1.82) is 0 Å². The summed E-state index contributed by atoms with van der Waals surface area (Å²) in [5.74, 6) is 0.729. The summed E-state index contributed by atoms with van der Waals surface area (Å²) < 4.78 is 0. The van der Waals surface area contributed by atoms with Crippen LogP contribution < -0.4 is 5.73 Å². The van der Waals surface area contributed by atoms with Crippen LogP contribution in [-0.4, -0.2) is 30.5 Å². The van der Waals surface area contributed by atoms with Crippen molar-refractivity contribution >= 4 is 29.9 Å². The highest BCUT2D eigenvalue weighted by molar-refractivity contribution is 14.0. The van der Waals surface area contributed by atoms with Gasteiger partial charge >= 0.3 is 0 Å². The highest BCUT2D eigenvalue weighted by atomic mass is 127. The Morgan fingerprint density at radius 2 is 1.82 bits per heavy atom. The summed E-state index contributed by atoms with van der Waals surface area (Å²) in [6, 6.07) is 0. The molecule has 0 atom stereocenters. The fraction of sp³-hybridized carbons (Fsp3) is 0.923. The van der Waals surface area contributed by atoms with Crippen molar-refractivity contribution in [3.8, 4) is 0 Å². The lowest BCUT2D eigenvalue weighted by atomic mass is 9.66. The van der Waals surface area contributed by atoms with E-state index in [1.54, 1.807) is 0 Å². The van der Waals surface area contributed by atoms with Gasteiger partial charge in [-0.15, -0.1) is 24.0 Å². The Bertz CT molecular complexity index is 233. The van der Waals surface area contributed by atoms with Crippen molar-refractivity contribution in [2.75, 3.05) is 19.6 Å². The second-order valence-electron chi connectivity index (χ2n) is 4.95. The third kappa shape index (κ3) is 4.64. The number of guanidine groups is 1. The molecule has 1 aliphatic rings. The van der Waals surface area contributed by atoms with E-state index in [2.05, 4.69) is 30.7 Å². The molecule has 0 aliphatic heterocycles. The van der Waals surface area contributed by atoms with E-state index in [0.29, 0.717) is 5.41 Å². The maximum absolute atomic E-state index is 6.00. The lowest BCUT2D eigenvalue weighted by molar-refractivity contribution is 0.129. The fourth-order valence-corrected chi connectivity index (χ4v) is 2.59. The normalized spacial score (nSPS) is 18.2. The van der Waals surface area contributed by atoms with Crippen LogP contribution in [0.5, 0.6) is 0 Å². The SMILES string of the molecule is CCCC1(CN=C(N)N(CC)CC)CCC1.I. The second-order valence-corrected chi connectivity index (χ2v) is 4.95. The van der Waals surface area contributed by atoms with Crippen LogP contribution in [0, 0.1) is 5.41 Å². The molecular weight excluding hydrogens is 325 g/mol. The molecule has 102 valence electrons. The zero-order valence-electron chi connectivity index (χ0n) is 11.5. The van der Waals surface area contributed by atoms with Crippen LogP contribution in [0.2, 0.25) is 0 Å². The highest BCUT2D eigenvalue weighted by Crippen LogP contribution is 2.44. The minimum atomic E-state index is 0. The summed E-state index contributed by atoms with van der Waals surface area (Å²) in [5, 5.41) is 0. The Labute approximate surface area is 123 Å². The minimum Gasteiger partial charge on any atom is -0.370 e. The number of rotatable bonds is 6. The molecule has 0 radical (unpaired) electrons. The monoisotopic (exact) mass is 353 g/mol. The maximum Gasteiger partial charge on any atom is 0.191 e. The predicted octanol–water partition coefficient (Wildman–Crippen LogP) is 3.23. The van der Waals surface area contributed by atoms with E-state index in [0.717, 1.165) is 25.6 Å². The summed E-state index contributed by atoms with van der Waals surface area (Å²) in [6.07, 6.45) is 6.63. The lowest BCUT2D eigenvalue weighted by Crippen LogP contribution is -2.39. The molecule has 0 heterocycles. The van der Waals surface area contributed by atoms with Crippen molar-refractivity contribution in [2.24, 2.45) is 16.1 Å². The molecule has 0 aromatic rings. The topological polar surface area (TPSA) is 41.6 Å². The van der Waals surface area contributed by atoms with Crippen LogP contribution in [0.25, 0.3) is 0 Å². The quantitative estimate of drug-likeness (QED) is 0.453. The number of hydrogen-bond acceptors (Lipinski definition) is 1. The Kier molecular flexibility index (Phi) is 8.16. The van der Waals surface area contributed by atoms with E-state index in [1.165, 1.54) is 32.1 Å². The average Bonchev–Trinajstić information content (AvgIpc) is 2.23. The first-order valence-electron chi connectivity index (χ1n) is 6.72. The van der Waals surface area contributed by atoms with Crippen molar-refractivity contribution < 1.29 is 0 Å². The molecule has 0 unspecified atom stereocenters. The minimum absolute atomic E-state index is 0. The first-order chi connectivity index (χ1) is 7.67. The van der Waals surface area contributed by atoms with Gasteiger partial charge in [0.25, 0.3) is 0 Å². The van der Waals surface area contributed by atoms with Gasteiger partial charge in [-0.1, -0.05) is 19.8 Å². The van der Waals surface area contributed by atoms with Crippen LogP contribution >= 0.6 is 24.0 Å². The molecule has 0 aromatic carbocycles. The molecule has 0 spiro atoms. The summed E-state index contributed by atoms with van der Waals surface area (Å²) in [7, 11) is 0. The molecule has 0 bridgehead atoms. The molecule has 1 aliphatic carbocycles. The van der Waals surface area contributed by atoms with Gasteiger partial charge in [0.05, 0.1) is 0 Å². The fourth-order valence-electron chi connectivity index (χ4n) is 2.59. The number of aliphatic imine (C=N–C) groups is 1. The van der Waals surface area contributed by atoms with Gasteiger partial charge in [0.1, 0.15) is 0 Å². The van der Waals surface area contributed by atoms with E-state index in [4.69, 9.17) is 5.73 Å². The van der Waals surface area contributed by atoms with Crippen LogP contribution in [0.15, 0.2) is 4.99 Å². The first kappa shape index (κ1) is 17.0. The largest absolute Gasteiger partial charge is 0.370 e. The molecule has 17 heavy (non-hydrogen) atoms. The van der Waals surface area contributed by atoms with E-state index in [1.807, 2.05) is 0 Å². The van der Waals surface area contributed by atoms with Crippen LogP contribution in [0.4, 0.5) is 0 Å². The van der Waals surface area contributed by atoms with Crippen molar-refractivity contribution in [1.82, 2.24) is 4.90 Å². The molecule has 2 N–H and O–H groups in total. The number of nitrogens with two attached hydrogens (primary N) is 1. The number of hydrogen-bond donors (Lipinski definition) is 1. The average molecular weight is 353 g/mol. The molecule has 0 aromatic heterocycles. The summed E-state index contributed by atoms with van der Waals surface area (Å²) in [6.45, 7) is 9.34. The first-order valence-corrected chi connectivity index (χ1v) is 6.72. The standard InChI is InChI=1S/C13H27N3.HI/c1-4-8-13(9-7-10-13)11-15-12(14)16(5-2)6-3;/h4-11H2,1-3H3,(H2,14,15);1H. The van der Waals surface area contributed by atoms with Crippen molar-refractivity contribution in [3.63, 3.8) is 0 Å². The van der Waals surface area contributed by atoms with E-state index in [9.17, 15) is 0 Å². The van der Waals surface area contributed by atoms with Gasteiger partial charge in [-0.2, -0.15) is 0 Å². The molecule has 1 fully saturated rings. The molecular formula is C13H28IN3. The van der Waals surface area contributed by atoms with Gasteiger partial charge in [-0.25, -0.2) is 0 Å². The van der Waals surface area contributed by atoms with Crippen molar-refractivity contribution in [2.45, 2.75) is 52.9 Å². The van der Waals surface area contributed by atoms with E-state index >= 15 is 0 Å². The van der Waals surface area contributed by atoms with Gasteiger partial charge in [0.2, 0.25) is 0 Å². The number of halogens is 1. The van der Waals surface area contributed by atoms with Gasteiger partial charge in [-0.3, -0.25) is 4.99 Å². The van der Waals surface area contributed by atoms with Gasteiger partial charge in [-0.05, 0) is 38.5 Å². The maximum atomic E-state index is 6.00. The van der Waals surface area contributed by atoms with Gasteiger partial charge in [0.15, 0.2) is 5.96 Å². The molecule has 1 rings (SSSR count). The Morgan fingerprint density at radius 1 is 1.24 bits per heavy atom. The van der Waals surface area contributed by atoms with Gasteiger partial charge in [0, 0.05) is 19.6 Å². The molecule has 3 nitrogen and oxygen atoms in total. The molecule has 4 heteroatoms. The van der Waals surface area contributed by atoms with E-state index in [-0.39, 0.29) is 24.0 Å². The lowest BCUT2D eigenvalue weighted by Gasteiger charge is -2.41. The zero-order chi connectivity index (χ0) is 12.0. The zero-order valence-corrected chi connectivity index (χ0v) is 13.9. The van der Waals surface area contributed by atoms with Crippen LogP contribution in [0.3, 0.4) is 0 Å². The summed E-state index contributed by atoms with van der Waals surface area (Å²) >= 11 is 0. The Balaban J connectivity index is 0.00000256. The predicted molar refractivity (Wildman–Crippen MR) is 86.0 cm³/mol. The Morgan fingerprint density at radius 3 is 2.18 bits per heavy atom. The second kappa shape index (κ2) is 8.16. The van der Waals surface area contributed by atoms with E-state index < -0.39 is 0 Å². The molecule has 0 saturated heterocycles. The highest BCUT2D eigenvalue weighted by Gasteiger charge is 2.35. The Hall–Kier alpha value is 0. The van der Waals surface area contributed by atoms with Crippen LogP contribution in [0.1, 0.15) is 52.9 Å². The molecule has 1 saturated carbocycles. The number of nitrogens with zero attached hydrogens (tertiary/aromatic N) is 2. The summed E-state index contributed by atoms with van der Waals surface area (Å²) in [4.78, 5) is 6.72. The third-order valence-electron chi connectivity index (χ3n) is 3.86. The molecule has 0 amide bonds.